The molecule has 0 saturated heterocycles. The molecule has 0 aromatic heterocycles. The first-order chi connectivity index (χ1) is 11.6. The monoisotopic (exact) mass is 358 g/mol. The zero-order valence-electron chi connectivity index (χ0n) is 17.2. The Labute approximate surface area is 153 Å². The summed E-state index contributed by atoms with van der Waals surface area (Å²) >= 11 is 0. The molecule has 6 heteroatoms. The van der Waals surface area contributed by atoms with Crippen LogP contribution < -0.4 is 5.73 Å². The number of rotatable bonds is 11. The van der Waals surface area contributed by atoms with Gasteiger partial charge in [-0.3, -0.25) is 9.59 Å². The van der Waals surface area contributed by atoms with Crippen LogP contribution in [0, 0.1) is 17.8 Å². The number of methoxy groups -OCH3 is 1. The molecule has 0 heterocycles. The number of amides is 1. The summed E-state index contributed by atoms with van der Waals surface area (Å²) in [5.41, 5.74) is 6.04. The van der Waals surface area contributed by atoms with Gasteiger partial charge in [-0.25, -0.2) is 0 Å². The zero-order valence-corrected chi connectivity index (χ0v) is 17.2. The minimum absolute atomic E-state index is 0.0459. The van der Waals surface area contributed by atoms with Gasteiger partial charge in [0.15, 0.2) is 0 Å². The quantitative estimate of drug-likeness (QED) is 0.574. The summed E-state index contributed by atoms with van der Waals surface area (Å²) in [7, 11) is 3.31. The molecule has 0 fully saturated rings. The number of ether oxygens (including phenoxy) is 2. The maximum Gasteiger partial charge on any atom is 0.308 e. The van der Waals surface area contributed by atoms with E-state index in [1.165, 1.54) is 0 Å². The third-order valence-electron chi connectivity index (χ3n) is 4.65. The molecule has 0 aromatic carbocycles. The van der Waals surface area contributed by atoms with Crippen LogP contribution in [0.2, 0.25) is 0 Å². The summed E-state index contributed by atoms with van der Waals surface area (Å²) in [6.07, 6.45) is 0.551. The number of nitrogens with zero attached hydrogens (tertiary/aromatic N) is 1. The lowest BCUT2D eigenvalue weighted by atomic mass is 9.90. The summed E-state index contributed by atoms with van der Waals surface area (Å²) in [4.78, 5) is 26.5. The van der Waals surface area contributed by atoms with Crippen LogP contribution >= 0.6 is 0 Å². The van der Waals surface area contributed by atoms with Crippen LogP contribution in [-0.2, 0) is 19.1 Å². The van der Waals surface area contributed by atoms with Crippen LogP contribution in [0.3, 0.4) is 0 Å². The Hall–Kier alpha value is -1.14. The lowest BCUT2D eigenvalue weighted by molar-refractivity contribution is -0.152. The number of hydrogen-bond donors (Lipinski definition) is 1. The van der Waals surface area contributed by atoms with Crippen molar-refractivity contribution in [3.63, 3.8) is 0 Å². The van der Waals surface area contributed by atoms with Crippen LogP contribution in [-0.4, -0.2) is 55.7 Å². The molecule has 0 aliphatic carbocycles. The standard InChI is InChI=1S/C19H38N2O4/c1-9-14(6)18(21(7)19(23)17(20)13(4)5)15(24-8)10-16(22)25-11-12(2)3/h12-15,17-18H,9-11,20H2,1-8H3. The van der Waals surface area contributed by atoms with Crippen molar-refractivity contribution in [2.75, 3.05) is 20.8 Å². The Morgan fingerprint density at radius 3 is 2.08 bits per heavy atom. The first-order valence-corrected chi connectivity index (χ1v) is 9.27. The Kier molecular flexibility index (Phi) is 10.9. The fourth-order valence-corrected chi connectivity index (χ4v) is 2.73. The van der Waals surface area contributed by atoms with Crippen LogP contribution in [0.1, 0.15) is 54.4 Å². The number of likely N-dealkylation sites (N-methyl/N-ethyl adjacent to an activating group) is 1. The molecule has 0 rings (SSSR count). The SMILES string of the molecule is CCC(C)C(C(CC(=O)OCC(C)C)OC)N(C)C(=O)C(N)C(C)C. The van der Waals surface area contributed by atoms with Gasteiger partial charge in [0, 0.05) is 14.2 Å². The highest BCUT2D eigenvalue weighted by Crippen LogP contribution is 2.23. The molecule has 6 nitrogen and oxygen atoms in total. The predicted octanol–water partition coefficient (Wildman–Crippen LogP) is 2.45. The number of hydrogen-bond acceptors (Lipinski definition) is 5. The highest BCUT2D eigenvalue weighted by molar-refractivity contribution is 5.82. The van der Waals surface area contributed by atoms with Crippen molar-refractivity contribution in [2.45, 2.75) is 72.6 Å². The second-order valence-electron chi connectivity index (χ2n) is 7.65. The molecule has 0 radical (unpaired) electrons. The molecule has 1 amide bonds. The lowest BCUT2D eigenvalue weighted by Crippen LogP contribution is -2.55. The maximum atomic E-state index is 12.7. The number of nitrogens with two attached hydrogens (primary N) is 1. The molecular weight excluding hydrogens is 320 g/mol. The van der Waals surface area contributed by atoms with E-state index in [-0.39, 0.29) is 42.1 Å². The summed E-state index contributed by atoms with van der Waals surface area (Å²) in [6, 6.07) is -0.805. The van der Waals surface area contributed by atoms with Crippen molar-refractivity contribution in [1.82, 2.24) is 4.90 Å². The van der Waals surface area contributed by atoms with E-state index in [1.54, 1.807) is 19.1 Å². The largest absolute Gasteiger partial charge is 0.465 e. The van der Waals surface area contributed by atoms with E-state index in [0.29, 0.717) is 6.61 Å². The Bertz CT molecular complexity index is 412. The minimum atomic E-state index is -0.568. The molecule has 0 aliphatic heterocycles. The normalized spacial score (nSPS) is 16.4. The van der Waals surface area contributed by atoms with Gasteiger partial charge in [-0.1, -0.05) is 48.0 Å². The van der Waals surface area contributed by atoms with Gasteiger partial charge in [0.25, 0.3) is 0 Å². The molecule has 0 aromatic rings. The van der Waals surface area contributed by atoms with Crippen LogP contribution in [0.15, 0.2) is 0 Å². The van der Waals surface area contributed by atoms with Crippen molar-refractivity contribution in [1.29, 1.82) is 0 Å². The molecule has 4 atom stereocenters. The van der Waals surface area contributed by atoms with Crippen molar-refractivity contribution < 1.29 is 19.1 Å². The molecular formula is C19H38N2O4. The summed E-state index contributed by atoms with van der Waals surface area (Å²) < 4.78 is 10.9. The van der Waals surface area contributed by atoms with E-state index in [1.807, 2.05) is 27.7 Å². The lowest BCUT2D eigenvalue weighted by Gasteiger charge is -2.39. The van der Waals surface area contributed by atoms with Gasteiger partial charge in [-0.15, -0.1) is 0 Å². The van der Waals surface area contributed by atoms with Gasteiger partial charge in [0.05, 0.1) is 31.2 Å². The average molecular weight is 359 g/mol. The smallest absolute Gasteiger partial charge is 0.308 e. The number of esters is 1. The number of carbonyl (C=O) groups excluding carboxylic acids is 2. The van der Waals surface area contributed by atoms with E-state index in [9.17, 15) is 9.59 Å². The third kappa shape index (κ3) is 7.74. The third-order valence-corrected chi connectivity index (χ3v) is 4.65. The van der Waals surface area contributed by atoms with Crippen LogP contribution in [0.5, 0.6) is 0 Å². The maximum absolute atomic E-state index is 12.7. The van der Waals surface area contributed by atoms with Crippen molar-refractivity contribution in [3.8, 4) is 0 Å². The molecule has 0 saturated carbocycles. The molecule has 2 N–H and O–H groups in total. The molecule has 148 valence electrons. The minimum Gasteiger partial charge on any atom is -0.465 e. The molecule has 0 bridgehead atoms. The summed E-state index contributed by atoms with van der Waals surface area (Å²) in [5, 5.41) is 0. The van der Waals surface area contributed by atoms with Crippen molar-refractivity contribution in [2.24, 2.45) is 23.5 Å². The van der Waals surface area contributed by atoms with Crippen molar-refractivity contribution >= 4 is 11.9 Å². The summed E-state index contributed by atoms with van der Waals surface area (Å²) in [6.45, 7) is 12.3. The van der Waals surface area contributed by atoms with E-state index in [2.05, 4.69) is 13.8 Å². The van der Waals surface area contributed by atoms with Gasteiger partial charge in [-0.2, -0.15) is 0 Å². The zero-order chi connectivity index (χ0) is 19.7. The predicted molar refractivity (Wildman–Crippen MR) is 100 cm³/mol. The fourth-order valence-electron chi connectivity index (χ4n) is 2.73. The van der Waals surface area contributed by atoms with Crippen molar-refractivity contribution in [3.05, 3.63) is 0 Å². The van der Waals surface area contributed by atoms with Gasteiger partial charge >= 0.3 is 5.97 Å². The molecule has 0 spiro atoms. The fraction of sp³-hybridized carbons (Fsp3) is 0.895. The van der Waals surface area contributed by atoms with Gasteiger partial charge in [-0.05, 0) is 17.8 Å². The highest BCUT2D eigenvalue weighted by atomic mass is 16.5. The summed E-state index contributed by atoms with van der Waals surface area (Å²) in [5.74, 6) is 0.0602. The second-order valence-corrected chi connectivity index (χ2v) is 7.65. The first kappa shape index (κ1) is 23.9. The van der Waals surface area contributed by atoms with Crippen LogP contribution in [0.25, 0.3) is 0 Å². The highest BCUT2D eigenvalue weighted by Gasteiger charge is 2.36. The average Bonchev–Trinajstić information content (AvgIpc) is 2.56. The first-order valence-electron chi connectivity index (χ1n) is 9.27. The van der Waals surface area contributed by atoms with E-state index >= 15 is 0 Å². The van der Waals surface area contributed by atoms with E-state index in [0.717, 1.165) is 6.42 Å². The molecule has 25 heavy (non-hydrogen) atoms. The Morgan fingerprint density at radius 1 is 1.12 bits per heavy atom. The van der Waals surface area contributed by atoms with Gasteiger partial charge in [0.1, 0.15) is 0 Å². The van der Waals surface area contributed by atoms with Crippen LogP contribution in [0.4, 0.5) is 0 Å². The van der Waals surface area contributed by atoms with Gasteiger partial charge in [0.2, 0.25) is 5.91 Å². The molecule has 4 unspecified atom stereocenters. The van der Waals surface area contributed by atoms with Gasteiger partial charge < -0.3 is 20.1 Å². The number of carbonyl (C=O) groups is 2. The Balaban J connectivity index is 5.25. The second kappa shape index (κ2) is 11.5. The topological polar surface area (TPSA) is 81.9 Å². The Morgan fingerprint density at radius 2 is 1.68 bits per heavy atom. The molecule has 0 aliphatic rings. The van der Waals surface area contributed by atoms with E-state index in [4.69, 9.17) is 15.2 Å². The van der Waals surface area contributed by atoms with E-state index < -0.39 is 12.1 Å².